The number of hydrogen-bond donors (Lipinski definition) is 0. The Bertz CT molecular complexity index is 893. The highest BCUT2D eigenvalue weighted by atomic mass is 79.9. The van der Waals surface area contributed by atoms with Gasteiger partial charge in [0.1, 0.15) is 18.2 Å². The smallest absolute Gasteiger partial charge is 0.231 e. The molecule has 0 aromatic heterocycles. The molecule has 0 saturated heterocycles. The van der Waals surface area contributed by atoms with E-state index in [9.17, 15) is 4.79 Å². The molecule has 5 nitrogen and oxygen atoms in total. The monoisotopic (exact) mass is 415 g/mol. The van der Waals surface area contributed by atoms with Gasteiger partial charge in [-0.15, -0.1) is 0 Å². The quantitative estimate of drug-likeness (QED) is 0.709. The van der Waals surface area contributed by atoms with Crippen molar-refractivity contribution in [2.24, 2.45) is 0 Å². The number of fused-ring (bicyclic) bond motifs is 3. The summed E-state index contributed by atoms with van der Waals surface area (Å²) < 4.78 is 17.9. The van der Waals surface area contributed by atoms with Crippen LogP contribution < -0.4 is 9.47 Å². The molecule has 2 aromatic carbocycles. The van der Waals surface area contributed by atoms with Gasteiger partial charge in [-0.25, -0.2) is 0 Å². The van der Waals surface area contributed by atoms with E-state index in [0.717, 1.165) is 27.9 Å². The van der Waals surface area contributed by atoms with Gasteiger partial charge in [0.2, 0.25) is 5.78 Å². The summed E-state index contributed by atoms with van der Waals surface area (Å²) in [6.07, 6.45) is 1.77. The first kappa shape index (κ1) is 17.3. The van der Waals surface area contributed by atoms with Gasteiger partial charge in [0.05, 0.1) is 17.7 Å². The van der Waals surface area contributed by atoms with Gasteiger partial charge in [-0.2, -0.15) is 0 Å². The lowest BCUT2D eigenvalue weighted by molar-refractivity contribution is 0.0646. The average molecular weight is 416 g/mol. The number of methoxy groups -OCH3 is 1. The van der Waals surface area contributed by atoms with Crippen molar-refractivity contribution in [3.8, 4) is 11.5 Å². The molecule has 134 valence electrons. The molecule has 2 aromatic rings. The molecule has 26 heavy (non-hydrogen) atoms. The normalized spacial score (nSPS) is 17.6. The second-order valence-electron chi connectivity index (χ2n) is 6.20. The number of halogens is 1. The van der Waals surface area contributed by atoms with E-state index < -0.39 is 0 Å². The predicted molar refractivity (Wildman–Crippen MR) is 101 cm³/mol. The second kappa shape index (κ2) is 7.23. The van der Waals surface area contributed by atoms with Crippen molar-refractivity contribution in [2.75, 3.05) is 27.0 Å². The Hall–Kier alpha value is -2.15. The Morgan fingerprint density at radius 2 is 2.12 bits per heavy atom. The molecule has 0 radical (unpaired) electrons. The molecule has 0 amide bonds. The van der Waals surface area contributed by atoms with E-state index in [1.807, 2.05) is 30.3 Å². The fourth-order valence-corrected chi connectivity index (χ4v) is 3.50. The molecule has 0 aliphatic carbocycles. The van der Waals surface area contributed by atoms with Crippen LogP contribution >= 0.6 is 15.9 Å². The predicted octanol–water partition coefficient (Wildman–Crippen LogP) is 3.86. The zero-order valence-electron chi connectivity index (χ0n) is 14.3. The lowest BCUT2D eigenvalue weighted by atomic mass is 10.0. The van der Waals surface area contributed by atoms with Crippen molar-refractivity contribution in [3.63, 3.8) is 0 Å². The third-order valence-corrected chi connectivity index (χ3v) is 5.21. The molecule has 2 aliphatic rings. The average Bonchev–Trinajstić information content (AvgIpc) is 2.98. The van der Waals surface area contributed by atoms with E-state index in [0.29, 0.717) is 37.0 Å². The van der Waals surface area contributed by atoms with Crippen LogP contribution in [0.1, 0.15) is 21.5 Å². The Balaban J connectivity index is 1.66. The van der Waals surface area contributed by atoms with Crippen LogP contribution in [0.25, 0.3) is 6.08 Å². The first-order chi connectivity index (χ1) is 12.7. The Morgan fingerprint density at radius 1 is 1.27 bits per heavy atom. The van der Waals surface area contributed by atoms with Crippen molar-refractivity contribution >= 4 is 27.8 Å². The molecular formula is C20H18BrNO4. The van der Waals surface area contributed by atoms with Crippen molar-refractivity contribution in [2.45, 2.75) is 6.54 Å². The molecule has 2 heterocycles. The summed E-state index contributed by atoms with van der Waals surface area (Å²) >= 11 is 3.50. The molecule has 2 aliphatic heterocycles. The lowest BCUT2D eigenvalue weighted by Gasteiger charge is -2.29. The molecular weight excluding hydrogens is 398 g/mol. The van der Waals surface area contributed by atoms with Crippen LogP contribution in [0, 0.1) is 0 Å². The van der Waals surface area contributed by atoms with Crippen LogP contribution in [0.5, 0.6) is 11.5 Å². The molecule has 0 fully saturated rings. The third kappa shape index (κ3) is 3.16. The summed E-state index contributed by atoms with van der Waals surface area (Å²) in [6, 6.07) is 11.4. The Morgan fingerprint density at radius 3 is 2.92 bits per heavy atom. The highest BCUT2D eigenvalue weighted by Gasteiger charge is 2.33. The first-order valence-electron chi connectivity index (χ1n) is 8.36. The van der Waals surface area contributed by atoms with Crippen LogP contribution in [0.15, 0.2) is 46.6 Å². The minimum atomic E-state index is -0.104. The minimum absolute atomic E-state index is 0.104. The largest absolute Gasteiger partial charge is 0.478 e. The third-order valence-electron chi connectivity index (χ3n) is 4.49. The molecule has 0 bridgehead atoms. The lowest BCUT2D eigenvalue weighted by Crippen LogP contribution is -2.34. The van der Waals surface area contributed by atoms with E-state index in [1.54, 1.807) is 19.3 Å². The molecule has 0 saturated carbocycles. The Labute approximate surface area is 160 Å². The van der Waals surface area contributed by atoms with Gasteiger partial charge in [-0.3, -0.25) is 9.69 Å². The fraction of sp³-hybridized carbons (Fsp3) is 0.250. The molecule has 6 heteroatoms. The number of allylic oxidation sites excluding steroid dienone is 1. The zero-order chi connectivity index (χ0) is 18.1. The van der Waals surface area contributed by atoms with Crippen LogP contribution in [0.2, 0.25) is 0 Å². The number of hydrogen-bond acceptors (Lipinski definition) is 5. The first-order valence-corrected chi connectivity index (χ1v) is 9.15. The van der Waals surface area contributed by atoms with Gasteiger partial charge in [-0.05, 0) is 29.8 Å². The van der Waals surface area contributed by atoms with E-state index in [2.05, 4.69) is 20.8 Å². The molecule has 0 N–H and O–H groups in total. The zero-order valence-corrected chi connectivity index (χ0v) is 15.9. The van der Waals surface area contributed by atoms with Crippen molar-refractivity contribution < 1.29 is 19.0 Å². The topological polar surface area (TPSA) is 48.0 Å². The summed E-state index contributed by atoms with van der Waals surface area (Å²) in [5, 5.41) is 0. The van der Waals surface area contributed by atoms with Crippen molar-refractivity contribution in [1.82, 2.24) is 4.90 Å². The molecule has 0 spiro atoms. The number of ether oxygens (including phenoxy) is 3. The Kier molecular flexibility index (Phi) is 4.80. The standard InChI is InChI=1S/C20H18BrNO4/c1-24-9-8-22-11-15-17(25-12-22)7-6-14-19(23)18(26-20(14)15)10-13-4-2-3-5-16(13)21/h2-7,10H,8-9,11-12H2,1H3/b18-10-. The van der Waals surface area contributed by atoms with Crippen LogP contribution in [0.3, 0.4) is 0 Å². The maximum Gasteiger partial charge on any atom is 0.231 e. The maximum atomic E-state index is 12.8. The highest BCUT2D eigenvalue weighted by molar-refractivity contribution is 9.10. The van der Waals surface area contributed by atoms with Gasteiger partial charge in [0.25, 0.3) is 0 Å². The van der Waals surface area contributed by atoms with Crippen molar-refractivity contribution in [1.29, 1.82) is 0 Å². The highest BCUT2D eigenvalue weighted by Crippen LogP contribution is 2.42. The van der Waals surface area contributed by atoms with Gasteiger partial charge in [-0.1, -0.05) is 34.1 Å². The van der Waals surface area contributed by atoms with E-state index >= 15 is 0 Å². The van der Waals surface area contributed by atoms with Crippen LogP contribution in [-0.2, 0) is 11.3 Å². The summed E-state index contributed by atoms with van der Waals surface area (Å²) in [5.41, 5.74) is 2.39. The maximum absolute atomic E-state index is 12.8. The van der Waals surface area contributed by atoms with Gasteiger partial charge in [0, 0.05) is 24.7 Å². The van der Waals surface area contributed by atoms with Crippen molar-refractivity contribution in [3.05, 3.63) is 63.3 Å². The number of ketones is 1. The van der Waals surface area contributed by atoms with Gasteiger partial charge in [0.15, 0.2) is 5.76 Å². The van der Waals surface area contributed by atoms with Gasteiger partial charge < -0.3 is 14.2 Å². The van der Waals surface area contributed by atoms with Gasteiger partial charge >= 0.3 is 0 Å². The number of Topliss-reactive ketones (excluding diaryl/α,β-unsaturated/α-hetero) is 1. The molecule has 0 atom stereocenters. The summed E-state index contributed by atoms with van der Waals surface area (Å²) in [4.78, 5) is 14.9. The van der Waals surface area contributed by atoms with E-state index in [1.165, 1.54) is 0 Å². The van der Waals surface area contributed by atoms with E-state index in [4.69, 9.17) is 14.2 Å². The summed E-state index contributed by atoms with van der Waals surface area (Å²) in [6.45, 7) is 2.55. The SMILES string of the molecule is COCCN1COc2ccc3c(c2C1)O/C(=C\c1ccccc1Br)C3=O. The van der Waals surface area contributed by atoms with Crippen LogP contribution in [0.4, 0.5) is 0 Å². The number of carbonyl (C=O) groups excluding carboxylic acids is 1. The fourth-order valence-electron chi connectivity index (χ4n) is 3.10. The number of carbonyl (C=O) groups is 1. The second-order valence-corrected chi connectivity index (χ2v) is 7.05. The summed E-state index contributed by atoms with van der Waals surface area (Å²) in [7, 11) is 1.68. The van der Waals surface area contributed by atoms with E-state index in [-0.39, 0.29) is 5.78 Å². The number of nitrogens with zero attached hydrogens (tertiary/aromatic N) is 1. The summed E-state index contributed by atoms with van der Waals surface area (Å²) in [5.74, 6) is 1.60. The molecule has 4 rings (SSSR count). The minimum Gasteiger partial charge on any atom is -0.478 e. The number of benzene rings is 2. The molecule has 0 unspecified atom stereocenters. The van der Waals surface area contributed by atoms with Crippen LogP contribution in [-0.4, -0.2) is 37.7 Å². The number of rotatable bonds is 4.